The number of halogens is 1. The number of thioether (sulfide) groups is 1. The molecule has 3 N–H and O–H groups in total. The van der Waals surface area contributed by atoms with Crippen molar-refractivity contribution in [3.05, 3.63) is 35.1 Å². The van der Waals surface area contributed by atoms with Crippen LogP contribution < -0.4 is 11.1 Å². The van der Waals surface area contributed by atoms with Gasteiger partial charge in [0.15, 0.2) is 0 Å². The first kappa shape index (κ1) is 15.9. The standard InChI is InChI=1S/C16H19FN2OS/c17-15-10-13(7-6-12(15)4-3-8-18)16(20)19-11-14-5-1-2-9-21-14/h6-7,10,14H,1-2,5,8-9,11,18H2,(H,19,20). The minimum Gasteiger partial charge on any atom is -0.351 e. The van der Waals surface area contributed by atoms with Gasteiger partial charge in [-0.2, -0.15) is 11.8 Å². The van der Waals surface area contributed by atoms with E-state index in [0.29, 0.717) is 17.4 Å². The van der Waals surface area contributed by atoms with Crippen LogP contribution in [0.1, 0.15) is 35.2 Å². The highest BCUT2D eigenvalue weighted by Crippen LogP contribution is 2.24. The molecule has 0 bridgehead atoms. The van der Waals surface area contributed by atoms with Gasteiger partial charge < -0.3 is 11.1 Å². The highest BCUT2D eigenvalue weighted by atomic mass is 32.2. The zero-order valence-corrected chi connectivity index (χ0v) is 12.6. The maximum absolute atomic E-state index is 13.8. The molecule has 1 saturated heterocycles. The molecule has 112 valence electrons. The van der Waals surface area contributed by atoms with E-state index in [4.69, 9.17) is 5.73 Å². The topological polar surface area (TPSA) is 55.1 Å². The largest absolute Gasteiger partial charge is 0.351 e. The minimum absolute atomic E-state index is 0.181. The number of carbonyl (C=O) groups excluding carboxylic acids is 1. The SMILES string of the molecule is NCC#Cc1ccc(C(=O)NCC2CCCCS2)cc1F. The number of hydrogen-bond donors (Lipinski definition) is 2. The van der Waals surface area contributed by atoms with Gasteiger partial charge in [-0.1, -0.05) is 18.3 Å². The fourth-order valence-corrected chi connectivity index (χ4v) is 3.42. The lowest BCUT2D eigenvalue weighted by atomic mass is 10.1. The third-order valence-corrected chi connectivity index (χ3v) is 4.72. The normalized spacial score (nSPS) is 17.7. The highest BCUT2D eigenvalue weighted by molar-refractivity contribution is 7.99. The molecule has 1 atom stereocenters. The van der Waals surface area contributed by atoms with Crippen LogP contribution in [0.3, 0.4) is 0 Å². The first-order valence-electron chi connectivity index (χ1n) is 7.09. The molecule has 2 rings (SSSR count). The summed E-state index contributed by atoms with van der Waals surface area (Å²) in [5.41, 5.74) is 5.84. The Morgan fingerprint density at radius 1 is 1.48 bits per heavy atom. The molecule has 0 radical (unpaired) electrons. The van der Waals surface area contributed by atoms with Gasteiger partial charge in [0.2, 0.25) is 0 Å². The molecular formula is C16H19FN2OS. The lowest BCUT2D eigenvalue weighted by molar-refractivity contribution is 0.0953. The molecule has 0 spiro atoms. The second kappa shape index (κ2) is 8.06. The molecule has 1 aromatic carbocycles. The quantitative estimate of drug-likeness (QED) is 0.841. The Hall–Kier alpha value is -1.51. The molecule has 0 aromatic heterocycles. The van der Waals surface area contributed by atoms with Crippen LogP contribution in [0.5, 0.6) is 0 Å². The third-order valence-electron chi connectivity index (χ3n) is 3.32. The van der Waals surface area contributed by atoms with Gasteiger partial charge in [-0.3, -0.25) is 4.79 Å². The molecule has 5 heteroatoms. The second-order valence-electron chi connectivity index (χ2n) is 4.90. The van der Waals surface area contributed by atoms with E-state index in [1.807, 2.05) is 11.8 Å². The Bertz CT molecular complexity index is 559. The van der Waals surface area contributed by atoms with Gasteiger partial charge in [0.05, 0.1) is 12.1 Å². The van der Waals surface area contributed by atoms with Crippen LogP contribution in [0.25, 0.3) is 0 Å². The molecular weight excluding hydrogens is 287 g/mol. The predicted molar refractivity (Wildman–Crippen MR) is 84.8 cm³/mol. The van der Waals surface area contributed by atoms with Crippen LogP contribution in [-0.4, -0.2) is 30.0 Å². The summed E-state index contributed by atoms with van der Waals surface area (Å²) in [5, 5.41) is 3.35. The molecule has 1 unspecified atom stereocenters. The van der Waals surface area contributed by atoms with Crippen LogP contribution >= 0.6 is 11.8 Å². The monoisotopic (exact) mass is 306 g/mol. The molecule has 0 saturated carbocycles. The number of rotatable bonds is 3. The number of benzene rings is 1. The molecule has 1 heterocycles. The van der Waals surface area contributed by atoms with Crippen LogP contribution in [0.2, 0.25) is 0 Å². The van der Waals surface area contributed by atoms with Crippen LogP contribution in [0, 0.1) is 17.7 Å². The van der Waals surface area contributed by atoms with Gasteiger partial charge in [-0.15, -0.1) is 0 Å². The van der Waals surface area contributed by atoms with Gasteiger partial charge in [-0.25, -0.2) is 4.39 Å². The predicted octanol–water partition coefficient (Wildman–Crippen LogP) is 2.15. The summed E-state index contributed by atoms with van der Waals surface area (Å²) in [4.78, 5) is 12.0. The fraction of sp³-hybridized carbons (Fsp3) is 0.438. The van der Waals surface area contributed by atoms with Crippen LogP contribution in [-0.2, 0) is 0 Å². The molecule has 21 heavy (non-hydrogen) atoms. The van der Waals surface area contributed by atoms with E-state index in [9.17, 15) is 9.18 Å². The maximum Gasteiger partial charge on any atom is 0.251 e. The summed E-state index contributed by atoms with van der Waals surface area (Å²) < 4.78 is 13.8. The van der Waals surface area contributed by atoms with Crippen molar-refractivity contribution in [3.63, 3.8) is 0 Å². The molecule has 0 aliphatic carbocycles. The Kier molecular flexibility index (Phi) is 6.09. The van der Waals surface area contributed by atoms with Crippen molar-refractivity contribution in [1.82, 2.24) is 5.32 Å². The van der Waals surface area contributed by atoms with Gasteiger partial charge in [0.1, 0.15) is 5.82 Å². The summed E-state index contributed by atoms with van der Waals surface area (Å²) in [6.07, 6.45) is 3.61. The van der Waals surface area contributed by atoms with E-state index in [-0.39, 0.29) is 18.0 Å². The second-order valence-corrected chi connectivity index (χ2v) is 6.31. The Labute approximate surface area is 128 Å². The van der Waals surface area contributed by atoms with Crippen molar-refractivity contribution >= 4 is 17.7 Å². The number of nitrogens with one attached hydrogen (secondary N) is 1. The van der Waals surface area contributed by atoms with Crippen molar-refractivity contribution < 1.29 is 9.18 Å². The summed E-state index contributed by atoms with van der Waals surface area (Å²) >= 11 is 1.90. The van der Waals surface area contributed by atoms with Crippen LogP contribution in [0.15, 0.2) is 18.2 Å². The first-order valence-corrected chi connectivity index (χ1v) is 8.14. The molecule has 1 fully saturated rings. The maximum atomic E-state index is 13.8. The molecule has 1 aliphatic heterocycles. The Morgan fingerprint density at radius 3 is 3.00 bits per heavy atom. The molecule has 3 nitrogen and oxygen atoms in total. The zero-order chi connectivity index (χ0) is 15.1. The van der Waals surface area contributed by atoms with Crippen LogP contribution in [0.4, 0.5) is 4.39 Å². The van der Waals surface area contributed by atoms with Crippen molar-refractivity contribution in [3.8, 4) is 11.8 Å². The van der Waals surface area contributed by atoms with Crippen molar-refractivity contribution in [1.29, 1.82) is 0 Å². The molecule has 1 amide bonds. The van der Waals surface area contributed by atoms with E-state index in [1.54, 1.807) is 6.07 Å². The average molecular weight is 306 g/mol. The van der Waals surface area contributed by atoms with Gasteiger partial charge in [-0.05, 0) is 36.8 Å². The van der Waals surface area contributed by atoms with E-state index >= 15 is 0 Å². The van der Waals surface area contributed by atoms with E-state index in [2.05, 4.69) is 17.2 Å². The van der Waals surface area contributed by atoms with Crippen molar-refractivity contribution in [2.24, 2.45) is 5.73 Å². The summed E-state index contributed by atoms with van der Waals surface area (Å²) in [5.74, 6) is 5.66. The lowest BCUT2D eigenvalue weighted by Gasteiger charge is -2.21. The van der Waals surface area contributed by atoms with E-state index in [1.165, 1.54) is 25.0 Å². The number of carbonyl (C=O) groups is 1. The first-order chi connectivity index (χ1) is 10.2. The number of hydrogen-bond acceptors (Lipinski definition) is 3. The molecule has 1 aliphatic rings. The van der Waals surface area contributed by atoms with Crippen molar-refractivity contribution in [2.45, 2.75) is 24.5 Å². The number of nitrogens with two attached hydrogens (primary N) is 1. The molecule has 1 aromatic rings. The highest BCUT2D eigenvalue weighted by Gasteiger charge is 2.15. The zero-order valence-electron chi connectivity index (χ0n) is 11.8. The summed E-state index contributed by atoms with van der Waals surface area (Å²) in [6.45, 7) is 0.820. The average Bonchev–Trinajstić information content (AvgIpc) is 2.52. The fourth-order valence-electron chi connectivity index (χ4n) is 2.18. The Balaban J connectivity index is 1.94. The smallest absolute Gasteiger partial charge is 0.251 e. The summed E-state index contributed by atoms with van der Waals surface area (Å²) in [7, 11) is 0. The summed E-state index contributed by atoms with van der Waals surface area (Å²) in [6, 6.07) is 4.33. The third kappa shape index (κ3) is 4.76. The lowest BCUT2D eigenvalue weighted by Crippen LogP contribution is -2.31. The van der Waals surface area contributed by atoms with Gasteiger partial charge in [0, 0.05) is 17.4 Å². The van der Waals surface area contributed by atoms with E-state index < -0.39 is 5.82 Å². The Morgan fingerprint density at radius 2 is 2.33 bits per heavy atom. The minimum atomic E-state index is -0.490. The van der Waals surface area contributed by atoms with Gasteiger partial charge in [0.25, 0.3) is 5.91 Å². The van der Waals surface area contributed by atoms with E-state index in [0.717, 1.165) is 12.2 Å². The van der Waals surface area contributed by atoms with Crippen molar-refractivity contribution in [2.75, 3.05) is 18.8 Å². The van der Waals surface area contributed by atoms with Gasteiger partial charge >= 0.3 is 0 Å². The number of amides is 1.